The van der Waals surface area contributed by atoms with E-state index in [9.17, 15) is 4.79 Å². The van der Waals surface area contributed by atoms with E-state index in [0.29, 0.717) is 6.42 Å². The Hall–Kier alpha value is -1.55. The lowest BCUT2D eigenvalue weighted by Gasteiger charge is -2.34. The fourth-order valence-corrected chi connectivity index (χ4v) is 3.49. The maximum absolute atomic E-state index is 12.8. The second-order valence-corrected chi connectivity index (χ2v) is 5.81. The quantitative estimate of drug-likeness (QED) is 0.895. The number of benzene rings is 1. The average molecular weight is 274 g/mol. The maximum atomic E-state index is 12.8. The number of nitrogens with two attached hydrogens (primary N) is 1. The number of rotatable bonds is 2. The van der Waals surface area contributed by atoms with Gasteiger partial charge in [0.25, 0.3) is 0 Å². The Morgan fingerprint density at radius 2 is 2.05 bits per heavy atom. The summed E-state index contributed by atoms with van der Waals surface area (Å²) in [4.78, 5) is 14.8. The van der Waals surface area contributed by atoms with Gasteiger partial charge in [0.1, 0.15) is 11.3 Å². The van der Waals surface area contributed by atoms with Crippen LogP contribution in [-0.4, -0.2) is 31.0 Å². The van der Waals surface area contributed by atoms with Gasteiger partial charge in [0.2, 0.25) is 5.91 Å². The number of ether oxygens (including phenoxy) is 1. The number of nitrogens with zero attached hydrogens (tertiary/aromatic N) is 1. The van der Waals surface area contributed by atoms with Crippen LogP contribution in [0.25, 0.3) is 0 Å². The molecule has 3 rings (SSSR count). The molecule has 20 heavy (non-hydrogen) atoms. The van der Waals surface area contributed by atoms with Gasteiger partial charge in [-0.05, 0) is 49.3 Å². The Bertz CT molecular complexity index is 523. The highest BCUT2D eigenvalue weighted by molar-refractivity contribution is 5.89. The number of carbonyl (C=O) groups is 1. The zero-order chi connectivity index (χ0) is 14.2. The largest absolute Gasteiger partial charge is 0.496 e. The van der Waals surface area contributed by atoms with Crippen LogP contribution in [0.4, 0.5) is 0 Å². The van der Waals surface area contributed by atoms with Crippen molar-refractivity contribution in [1.82, 2.24) is 4.90 Å². The number of piperidine rings is 1. The Labute approximate surface area is 119 Å². The van der Waals surface area contributed by atoms with Crippen molar-refractivity contribution in [3.8, 4) is 5.75 Å². The van der Waals surface area contributed by atoms with Gasteiger partial charge in [0.05, 0.1) is 7.11 Å². The van der Waals surface area contributed by atoms with E-state index in [1.165, 1.54) is 6.42 Å². The van der Waals surface area contributed by atoms with Gasteiger partial charge in [0, 0.05) is 13.1 Å². The highest BCUT2D eigenvalue weighted by Gasteiger charge is 2.45. The molecule has 4 heteroatoms. The molecule has 0 bridgehead atoms. The van der Waals surface area contributed by atoms with E-state index < -0.39 is 5.54 Å². The molecule has 1 aliphatic carbocycles. The van der Waals surface area contributed by atoms with Gasteiger partial charge in [0.15, 0.2) is 0 Å². The molecule has 1 aliphatic heterocycles. The standard InChI is InChI=1S/C16H22N2O2/c1-20-14-7-5-6-13-12(14)8-9-16(13,17)15(19)18-10-3-2-4-11-18/h5-7H,2-4,8-11,17H2,1H3. The molecule has 1 aromatic rings. The predicted molar refractivity (Wildman–Crippen MR) is 77.6 cm³/mol. The molecule has 1 atom stereocenters. The van der Waals surface area contributed by atoms with Crippen molar-refractivity contribution in [2.75, 3.05) is 20.2 Å². The summed E-state index contributed by atoms with van der Waals surface area (Å²) in [6, 6.07) is 5.84. The molecule has 1 heterocycles. The molecular formula is C16H22N2O2. The lowest BCUT2D eigenvalue weighted by Crippen LogP contribution is -2.52. The van der Waals surface area contributed by atoms with E-state index in [-0.39, 0.29) is 5.91 Å². The van der Waals surface area contributed by atoms with Crippen LogP contribution in [0.1, 0.15) is 36.8 Å². The first-order valence-corrected chi connectivity index (χ1v) is 7.41. The smallest absolute Gasteiger partial charge is 0.247 e. The second kappa shape index (κ2) is 5.09. The summed E-state index contributed by atoms with van der Waals surface area (Å²) in [6.45, 7) is 1.69. The van der Waals surface area contributed by atoms with Gasteiger partial charge in [-0.3, -0.25) is 4.79 Å². The van der Waals surface area contributed by atoms with Gasteiger partial charge < -0.3 is 15.4 Å². The second-order valence-electron chi connectivity index (χ2n) is 5.81. The third-order valence-electron chi connectivity index (χ3n) is 4.63. The summed E-state index contributed by atoms with van der Waals surface area (Å²) in [5.41, 5.74) is 7.71. The summed E-state index contributed by atoms with van der Waals surface area (Å²) in [6.07, 6.45) is 4.89. The first kappa shape index (κ1) is 13.4. The molecule has 1 amide bonds. The van der Waals surface area contributed by atoms with Crippen LogP contribution in [-0.2, 0) is 16.8 Å². The predicted octanol–water partition coefficient (Wildman–Crippen LogP) is 1.81. The van der Waals surface area contributed by atoms with Crippen LogP contribution in [0.3, 0.4) is 0 Å². The minimum Gasteiger partial charge on any atom is -0.496 e. The van der Waals surface area contributed by atoms with Crippen molar-refractivity contribution in [2.24, 2.45) is 5.73 Å². The average Bonchev–Trinajstić information content (AvgIpc) is 2.86. The van der Waals surface area contributed by atoms with Crippen LogP contribution in [0.5, 0.6) is 5.75 Å². The highest BCUT2D eigenvalue weighted by atomic mass is 16.5. The normalized spacial score (nSPS) is 25.4. The first-order valence-electron chi connectivity index (χ1n) is 7.41. The monoisotopic (exact) mass is 274 g/mol. The fraction of sp³-hybridized carbons (Fsp3) is 0.562. The van der Waals surface area contributed by atoms with Gasteiger partial charge >= 0.3 is 0 Å². The Balaban J connectivity index is 1.93. The van der Waals surface area contributed by atoms with E-state index in [1.807, 2.05) is 23.1 Å². The molecule has 1 unspecified atom stereocenters. The molecule has 1 fully saturated rings. The molecule has 0 radical (unpaired) electrons. The molecule has 108 valence electrons. The number of fused-ring (bicyclic) bond motifs is 1. The molecule has 0 spiro atoms. The zero-order valence-corrected chi connectivity index (χ0v) is 12.0. The molecule has 2 aliphatic rings. The number of amides is 1. The van der Waals surface area contributed by atoms with Crippen molar-refractivity contribution in [1.29, 1.82) is 0 Å². The van der Waals surface area contributed by atoms with E-state index in [4.69, 9.17) is 10.5 Å². The first-order chi connectivity index (χ1) is 9.66. The van der Waals surface area contributed by atoms with Crippen LogP contribution in [0.2, 0.25) is 0 Å². The molecule has 2 N–H and O–H groups in total. The summed E-state index contributed by atoms with van der Waals surface area (Å²) >= 11 is 0. The lowest BCUT2D eigenvalue weighted by molar-refractivity contribution is -0.138. The molecule has 1 aromatic carbocycles. The van der Waals surface area contributed by atoms with E-state index in [1.54, 1.807) is 7.11 Å². The molecule has 1 saturated heterocycles. The van der Waals surface area contributed by atoms with Crippen molar-refractivity contribution >= 4 is 5.91 Å². The van der Waals surface area contributed by atoms with Crippen LogP contribution in [0, 0.1) is 0 Å². The molecule has 4 nitrogen and oxygen atoms in total. The Morgan fingerprint density at radius 1 is 1.30 bits per heavy atom. The summed E-state index contributed by atoms with van der Waals surface area (Å²) in [5.74, 6) is 0.936. The molecular weight excluding hydrogens is 252 g/mol. The van der Waals surface area contributed by atoms with E-state index in [0.717, 1.165) is 49.2 Å². The van der Waals surface area contributed by atoms with Crippen LogP contribution in [0.15, 0.2) is 18.2 Å². The van der Waals surface area contributed by atoms with E-state index in [2.05, 4.69) is 0 Å². The Kier molecular flexibility index (Phi) is 3.42. The summed E-state index contributed by atoms with van der Waals surface area (Å²) < 4.78 is 5.40. The number of likely N-dealkylation sites (tertiary alicyclic amines) is 1. The van der Waals surface area contributed by atoms with Crippen LogP contribution >= 0.6 is 0 Å². The third kappa shape index (κ3) is 1.99. The fourth-order valence-electron chi connectivity index (χ4n) is 3.49. The molecule has 0 saturated carbocycles. The topological polar surface area (TPSA) is 55.6 Å². The molecule has 0 aromatic heterocycles. The third-order valence-corrected chi connectivity index (χ3v) is 4.63. The zero-order valence-electron chi connectivity index (χ0n) is 12.0. The van der Waals surface area contributed by atoms with Gasteiger partial charge in [-0.2, -0.15) is 0 Å². The van der Waals surface area contributed by atoms with Crippen molar-refractivity contribution in [3.63, 3.8) is 0 Å². The van der Waals surface area contributed by atoms with Crippen molar-refractivity contribution in [2.45, 2.75) is 37.6 Å². The Morgan fingerprint density at radius 3 is 2.75 bits per heavy atom. The van der Waals surface area contributed by atoms with Gasteiger partial charge in [-0.15, -0.1) is 0 Å². The maximum Gasteiger partial charge on any atom is 0.247 e. The number of methoxy groups -OCH3 is 1. The van der Waals surface area contributed by atoms with E-state index >= 15 is 0 Å². The number of hydrogen-bond donors (Lipinski definition) is 1. The lowest BCUT2D eigenvalue weighted by atomic mass is 9.90. The number of carbonyl (C=O) groups excluding carboxylic acids is 1. The van der Waals surface area contributed by atoms with Crippen LogP contribution < -0.4 is 10.5 Å². The highest BCUT2D eigenvalue weighted by Crippen LogP contribution is 2.40. The van der Waals surface area contributed by atoms with Gasteiger partial charge in [-0.1, -0.05) is 12.1 Å². The summed E-state index contributed by atoms with van der Waals surface area (Å²) in [5, 5.41) is 0. The van der Waals surface area contributed by atoms with Crippen molar-refractivity contribution in [3.05, 3.63) is 29.3 Å². The van der Waals surface area contributed by atoms with Crippen molar-refractivity contribution < 1.29 is 9.53 Å². The van der Waals surface area contributed by atoms with Gasteiger partial charge in [-0.25, -0.2) is 0 Å². The minimum atomic E-state index is -0.860. The summed E-state index contributed by atoms with van der Waals surface area (Å²) in [7, 11) is 1.67. The number of hydrogen-bond acceptors (Lipinski definition) is 3. The minimum absolute atomic E-state index is 0.0872. The SMILES string of the molecule is COc1cccc2c1CCC2(N)C(=O)N1CCCCC1.